The van der Waals surface area contributed by atoms with Crippen LogP contribution in [0, 0.1) is 0 Å². The first-order valence-electron chi connectivity index (χ1n) is 12.5. The fourth-order valence-electron chi connectivity index (χ4n) is 3.98. The number of hydrogen-bond donors (Lipinski definition) is 4. The smallest absolute Gasteiger partial charge is 0.429 e. The molecule has 0 aromatic carbocycles. The maximum absolute atomic E-state index is 13.3. The van der Waals surface area contributed by atoms with Crippen LogP contribution in [0.25, 0.3) is 11.3 Å². The van der Waals surface area contributed by atoms with Gasteiger partial charge in [-0.1, -0.05) is 16.9 Å². The van der Waals surface area contributed by atoms with Gasteiger partial charge in [-0.25, -0.2) is 18.9 Å². The molecule has 0 radical (unpaired) electrons. The Morgan fingerprint density at radius 1 is 1.30 bits per heavy atom. The van der Waals surface area contributed by atoms with Gasteiger partial charge in [0.15, 0.2) is 16.7 Å². The van der Waals surface area contributed by atoms with Gasteiger partial charge in [-0.05, 0) is 6.92 Å². The molecular formula is C23H24N8O8PS4+. The molecule has 232 valence electrons. The van der Waals surface area contributed by atoms with Gasteiger partial charge in [0.05, 0.1) is 12.8 Å². The van der Waals surface area contributed by atoms with Crippen molar-refractivity contribution < 1.29 is 42.9 Å². The Kier molecular flexibility index (Phi) is 9.68. The number of carbonyl (C=O) groups is 3. The Bertz CT molecular complexity index is 1710. The largest absolute Gasteiger partial charge is 0.464 e. The van der Waals surface area contributed by atoms with Crippen LogP contribution in [0.4, 0.5) is 5.13 Å². The van der Waals surface area contributed by atoms with Gasteiger partial charge in [0.25, 0.3) is 11.8 Å². The molecule has 44 heavy (non-hydrogen) atoms. The van der Waals surface area contributed by atoms with E-state index < -0.39 is 42.7 Å². The summed E-state index contributed by atoms with van der Waals surface area (Å²) in [6, 6.07) is 2.87. The predicted octanol–water partition coefficient (Wildman–Crippen LogP) is 1.31. The summed E-state index contributed by atoms with van der Waals surface area (Å²) < 4.78 is 22.8. The molecule has 3 aromatic rings. The van der Waals surface area contributed by atoms with E-state index in [1.807, 2.05) is 46.6 Å². The number of aromatic nitrogens is 4. The number of hydrogen-bond acceptors (Lipinski definition) is 14. The van der Waals surface area contributed by atoms with Crippen molar-refractivity contribution in [3.05, 3.63) is 46.3 Å². The summed E-state index contributed by atoms with van der Waals surface area (Å²) in [7, 11) is -1.52. The lowest BCUT2D eigenvalue weighted by molar-refractivity contribution is -0.671. The molecule has 5 heterocycles. The van der Waals surface area contributed by atoms with Gasteiger partial charge in [-0.2, -0.15) is 9.36 Å². The predicted molar refractivity (Wildman–Crippen MR) is 162 cm³/mol. The molecule has 16 nitrogen and oxygen atoms in total. The number of pyridine rings is 1. The Hall–Kier alpha value is -3.39. The van der Waals surface area contributed by atoms with E-state index in [1.165, 1.54) is 46.9 Å². The SMILES string of the molecule is CCO/N=C(/C(=O)NC1C(=O)N2C(C(=O)OC)=C(Sc3nc(-c4cc[n+](C)cc4)cs3)CS[C@H]12)c1nsc(NP(=O)(O)O)n1. The average Bonchev–Trinajstić information content (AvgIpc) is 3.64. The Morgan fingerprint density at radius 3 is 2.73 bits per heavy atom. The molecule has 2 atom stereocenters. The number of methoxy groups -OCH3 is 1. The molecule has 0 aliphatic carbocycles. The van der Waals surface area contributed by atoms with Gasteiger partial charge >= 0.3 is 13.7 Å². The molecular weight excluding hydrogens is 676 g/mol. The fourth-order valence-corrected chi connectivity index (χ4v) is 8.69. The molecule has 21 heteroatoms. The second kappa shape index (κ2) is 13.3. The molecule has 0 spiro atoms. The number of β-lactam (4-membered cyclic amide) rings is 1. The monoisotopic (exact) mass is 699 g/mol. The van der Waals surface area contributed by atoms with Crippen molar-refractivity contribution in [3.63, 3.8) is 0 Å². The third kappa shape index (κ3) is 6.96. The Morgan fingerprint density at radius 2 is 2.05 bits per heavy atom. The van der Waals surface area contributed by atoms with E-state index in [-0.39, 0.29) is 23.3 Å². The minimum Gasteiger partial charge on any atom is -0.464 e. The number of thioether (sulfide) groups is 2. The molecule has 5 rings (SSSR count). The van der Waals surface area contributed by atoms with E-state index in [2.05, 4.69) is 24.8 Å². The second-order valence-electron chi connectivity index (χ2n) is 8.91. The van der Waals surface area contributed by atoms with E-state index in [1.54, 1.807) is 6.92 Å². The third-order valence-electron chi connectivity index (χ3n) is 5.95. The number of carbonyl (C=O) groups excluding carboxylic acids is 3. The molecule has 1 saturated heterocycles. The maximum Gasteiger partial charge on any atom is 0.429 e. The zero-order valence-corrected chi connectivity index (χ0v) is 27.2. The van der Waals surface area contributed by atoms with Gasteiger partial charge in [-0.3, -0.25) is 19.6 Å². The first-order chi connectivity index (χ1) is 21.0. The maximum atomic E-state index is 13.3. The number of fused-ring (bicyclic) bond motifs is 1. The first-order valence-corrected chi connectivity index (χ1v) is 17.7. The molecule has 0 bridgehead atoms. The van der Waals surface area contributed by atoms with Crippen LogP contribution < -0.4 is 15.0 Å². The van der Waals surface area contributed by atoms with Crippen molar-refractivity contribution in [2.24, 2.45) is 12.2 Å². The number of amides is 2. The van der Waals surface area contributed by atoms with Crippen LogP contribution in [-0.4, -0.2) is 83.4 Å². The normalized spacial score (nSPS) is 18.4. The minimum absolute atomic E-state index is 0.0813. The van der Waals surface area contributed by atoms with Crippen molar-refractivity contribution >= 4 is 82.8 Å². The number of aryl methyl sites for hydroxylation is 1. The van der Waals surface area contributed by atoms with Gasteiger partial charge < -0.3 is 24.7 Å². The van der Waals surface area contributed by atoms with Crippen LogP contribution >= 0.6 is 54.1 Å². The van der Waals surface area contributed by atoms with Crippen LogP contribution in [0.2, 0.25) is 0 Å². The van der Waals surface area contributed by atoms with Gasteiger partial charge in [-0.15, -0.1) is 23.1 Å². The molecule has 1 fully saturated rings. The first kappa shape index (κ1) is 32.0. The standard InChI is InChI=1S/C23H23N8O8PS4/c1-4-39-27-14(17-26-22(44-29-17)28-40(35,36)37)18(32)25-15-19(33)31-16(21(34)38-3)13(10-41-20(15)31)43-23-24-12(9-42-23)11-5-7-30(2)8-6-11/h5-9,15,20H,4,10H2,1-3H3,(H3-,25,26,28,29,32,35,36,37)/p+1/b27-14+/t15?,20-/m1/s1. The van der Waals surface area contributed by atoms with Crippen molar-refractivity contribution in [1.82, 2.24) is 24.6 Å². The highest BCUT2D eigenvalue weighted by atomic mass is 32.2. The average molecular weight is 700 g/mol. The van der Waals surface area contributed by atoms with Crippen LogP contribution in [0.5, 0.6) is 0 Å². The lowest BCUT2D eigenvalue weighted by atomic mass is 10.0. The number of thiazole rings is 1. The van der Waals surface area contributed by atoms with Crippen molar-refractivity contribution in [3.8, 4) is 11.3 Å². The molecule has 2 aliphatic heterocycles. The Labute approximate surface area is 266 Å². The van der Waals surface area contributed by atoms with Gasteiger partial charge in [0, 0.05) is 45.3 Å². The van der Waals surface area contributed by atoms with Crippen molar-refractivity contribution in [2.75, 3.05) is 24.6 Å². The van der Waals surface area contributed by atoms with E-state index in [0.717, 1.165) is 11.3 Å². The van der Waals surface area contributed by atoms with E-state index in [4.69, 9.17) is 19.4 Å². The highest BCUT2D eigenvalue weighted by Gasteiger charge is 2.55. The zero-order valence-electron chi connectivity index (χ0n) is 23.1. The summed E-state index contributed by atoms with van der Waals surface area (Å²) in [5, 5.41) is 9.26. The number of nitrogens with zero attached hydrogens (tertiary/aromatic N) is 6. The van der Waals surface area contributed by atoms with E-state index >= 15 is 0 Å². The number of oxime groups is 1. The summed E-state index contributed by atoms with van der Waals surface area (Å²) in [4.78, 5) is 73.2. The molecule has 1 unspecified atom stereocenters. The van der Waals surface area contributed by atoms with Crippen LogP contribution in [-0.2, 0) is 35.6 Å². The lowest BCUT2D eigenvalue weighted by Crippen LogP contribution is -2.71. The highest BCUT2D eigenvalue weighted by molar-refractivity contribution is 8.07. The summed E-state index contributed by atoms with van der Waals surface area (Å²) in [5.41, 5.74) is 1.40. The number of ether oxygens (including phenoxy) is 1. The molecule has 2 aliphatic rings. The minimum atomic E-state index is -4.67. The number of anilines is 1. The zero-order chi connectivity index (χ0) is 31.6. The van der Waals surface area contributed by atoms with Crippen LogP contribution in [0.3, 0.4) is 0 Å². The van der Waals surface area contributed by atoms with Crippen LogP contribution in [0.15, 0.2) is 50.0 Å². The quantitative estimate of drug-likeness (QED) is 0.0556. The number of rotatable bonds is 11. The third-order valence-corrected chi connectivity index (χ3v) is 10.7. The number of esters is 1. The summed E-state index contributed by atoms with van der Waals surface area (Å²) >= 11 is 4.63. The lowest BCUT2D eigenvalue weighted by Gasteiger charge is -2.49. The van der Waals surface area contributed by atoms with E-state index in [0.29, 0.717) is 26.5 Å². The summed E-state index contributed by atoms with van der Waals surface area (Å²) in [5.74, 6) is -2.02. The van der Waals surface area contributed by atoms with E-state index in [9.17, 15) is 18.9 Å². The molecule has 3 aromatic heterocycles. The molecule has 2 amide bonds. The number of nitrogens with one attached hydrogen (secondary N) is 2. The highest BCUT2D eigenvalue weighted by Crippen LogP contribution is 2.46. The van der Waals surface area contributed by atoms with Crippen LogP contribution in [0.1, 0.15) is 12.7 Å². The second-order valence-corrected chi connectivity index (χ2v) is 14.3. The van der Waals surface area contributed by atoms with Crippen molar-refractivity contribution in [2.45, 2.75) is 22.7 Å². The Balaban J connectivity index is 1.33. The summed E-state index contributed by atoms with van der Waals surface area (Å²) in [6.07, 6.45) is 3.84. The van der Waals surface area contributed by atoms with Gasteiger partial charge in [0.2, 0.25) is 16.7 Å². The topological polar surface area (TPSA) is 209 Å². The molecule has 0 saturated carbocycles. The summed E-state index contributed by atoms with van der Waals surface area (Å²) in [6.45, 7) is 1.73. The van der Waals surface area contributed by atoms with Gasteiger partial charge in [0.1, 0.15) is 30.8 Å². The molecule has 4 N–H and O–H groups in total. The van der Waals surface area contributed by atoms with Crippen molar-refractivity contribution in [1.29, 1.82) is 0 Å². The fraction of sp³-hybridized carbons (Fsp3) is 0.304.